The number of hydrogen-bond acceptors (Lipinski definition) is 6. The first-order chi connectivity index (χ1) is 15.4. The molecule has 0 aromatic heterocycles. The van der Waals surface area contributed by atoms with Gasteiger partial charge in [0.25, 0.3) is 0 Å². The second-order valence-corrected chi connectivity index (χ2v) is 10.1. The van der Waals surface area contributed by atoms with Gasteiger partial charge in [0.2, 0.25) is 11.8 Å². The number of carbonyl (C=O) groups excluding carboxylic acids is 3. The predicted octanol–water partition coefficient (Wildman–Crippen LogP) is 2.11. The minimum atomic E-state index is -0.481. The Labute approximate surface area is 194 Å². The molecule has 3 aliphatic heterocycles. The Morgan fingerprint density at radius 2 is 1.81 bits per heavy atom. The average molecular weight is 460 g/mol. The van der Waals surface area contributed by atoms with Crippen LogP contribution < -0.4 is 10.6 Å². The average Bonchev–Trinajstić information content (AvgIpc) is 3.09. The Kier molecular flexibility index (Phi) is 7.07. The molecule has 2 N–H and O–H groups in total. The summed E-state index contributed by atoms with van der Waals surface area (Å²) in [5, 5.41) is 6.71. The Hall–Kier alpha value is -2.10. The third-order valence-electron chi connectivity index (χ3n) is 6.68. The van der Waals surface area contributed by atoms with Crippen molar-refractivity contribution in [2.75, 3.05) is 32.9 Å². The maximum Gasteiger partial charge on any atom is 0.327 e. The van der Waals surface area contributed by atoms with Gasteiger partial charge in [-0.3, -0.25) is 25.1 Å². The number of hydrogen-bond donors (Lipinski definition) is 2. The molecule has 4 atom stereocenters. The predicted molar refractivity (Wildman–Crippen MR) is 125 cm³/mol. The van der Waals surface area contributed by atoms with Crippen molar-refractivity contribution in [3.8, 4) is 0 Å². The number of likely N-dealkylation sites (tertiary alicyclic amines) is 1. The highest BCUT2D eigenvalue weighted by Crippen LogP contribution is 2.34. The van der Waals surface area contributed by atoms with Crippen molar-refractivity contribution in [1.29, 1.82) is 0 Å². The molecule has 0 saturated carbocycles. The highest BCUT2D eigenvalue weighted by atomic mass is 32.2. The molecule has 8 nitrogen and oxygen atoms in total. The van der Waals surface area contributed by atoms with Crippen LogP contribution in [0.4, 0.5) is 4.79 Å². The summed E-state index contributed by atoms with van der Waals surface area (Å²) in [5.74, 6) is -0.260. The van der Waals surface area contributed by atoms with E-state index >= 15 is 0 Å². The van der Waals surface area contributed by atoms with Crippen LogP contribution in [0.1, 0.15) is 43.0 Å². The number of nitrogens with zero attached hydrogens (tertiary/aromatic N) is 3. The van der Waals surface area contributed by atoms with E-state index in [9.17, 15) is 14.4 Å². The van der Waals surface area contributed by atoms with Crippen molar-refractivity contribution in [1.82, 2.24) is 25.3 Å². The van der Waals surface area contributed by atoms with Gasteiger partial charge in [-0.1, -0.05) is 42.7 Å². The van der Waals surface area contributed by atoms with Gasteiger partial charge < -0.3 is 9.80 Å². The minimum absolute atomic E-state index is 0.127. The van der Waals surface area contributed by atoms with E-state index in [0.717, 1.165) is 37.1 Å². The number of amides is 4. The van der Waals surface area contributed by atoms with Gasteiger partial charge in [-0.05, 0) is 25.3 Å². The monoisotopic (exact) mass is 459 g/mol. The van der Waals surface area contributed by atoms with Crippen LogP contribution in [0.15, 0.2) is 24.3 Å². The Morgan fingerprint density at radius 3 is 2.50 bits per heavy atom. The molecule has 1 aromatic rings. The number of benzene rings is 1. The second kappa shape index (κ2) is 9.80. The minimum Gasteiger partial charge on any atom is -0.342 e. The van der Waals surface area contributed by atoms with Gasteiger partial charge in [-0.2, -0.15) is 0 Å². The van der Waals surface area contributed by atoms with Crippen LogP contribution in [0.2, 0.25) is 0 Å². The number of fused-ring (bicyclic) bond motifs is 1. The molecule has 4 amide bonds. The highest BCUT2D eigenvalue weighted by molar-refractivity contribution is 8.00. The van der Waals surface area contributed by atoms with Gasteiger partial charge in [-0.15, -0.1) is 11.8 Å². The fourth-order valence-electron chi connectivity index (χ4n) is 4.81. The van der Waals surface area contributed by atoms with Crippen LogP contribution in [0.25, 0.3) is 0 Å². The van der Waals surface area contributed by atoms with Crippen molar-refractivity contribution in [2.45, 2.75) is 50.3 Å². The first-order valence-corrected chi connectivity index (χ1v) is 12.4. The molecule has 3 fully saturated rings. The van der Waals surface area contributed by atoms with Gasteiger partial charge in [-0.25, -0.2) is 4.79 Å². The first kappa shape index (κ1) is 23.1. The molecule has 32 heavy (non-hydrogen) atoms. The van der Waals surface area contributed by atoms with Crippen LogP contribution >= 0.6 is 11.8 Å². The molecule has 0 bridgehead atoms. The van der Waals surface area contributed by atoms with Crippen LogP contribution in [-0.2, 0) is 9.59 Å². The van der Waals surface area contributed by atoms with E-state index in [0.29, 0.717) is 5.75 Å². The summed E-state index contributed by atoms with van der Waals surface area (Å²) < 4.78 is 0. The molecule has 9 heteroatoms. The molecule has 0 spiro atoms. The highest BCUT2D eigenvalue weighted by Gasteiger charge is 2.51. The Bertz CT molecular complexity index is 873. The summed E-state index contributed by atoms with van der Waals surface area (Å²) >= 11 is 1.48. The number of thioether (sulfide) groups is 1. The maximum absolute atomic E-state index is 13.1. The Morgan fingerprint density at radius 1 is 1.09 bits per heavy atom. The van der Waals surface area contributed by atoms with Crippen molar-refractivity contribution in [3.63, 3.8) is 0 Å². The molecule has 1 aromatic carbocycles. The summed E-state index contributed by atoms with van der Waals surface area (Å²) in [5.41, 5.74) is 2.18. The van der Waals surface area contributed by atoms with E-state index < -0.39 is 12.1 Å². The number of nitrogens with one attached hydrogen (secondary N) is 2. The fourth-order valence-corrected chi connectivity index (χ4v) is 6.02. The standard InChI is InChI=1S/C23H33N5O3S/c1-15-9-8-10-16(13-15)19-24-20-18(22(30)27(3)23(31)26(20)2)21(25-19)32-14-17(29)28-11-6-4-5-7-12-28/h8-10,13,18-21,24-25H,4-7,11-12,14H2,1-3H3. The number of carbonyl (C=O) groups is 3. The molecule has 3 heterocycles. The lowest BCUT2D eigenvalue weighted by Gasteiger charge is -2.50. The maximum atomic E-state index is 13.1. The molecule has 4 rings (SSSR count). The molecular formula is C23H33N5O3S. The van der Waals surface area contributed by atoms with Crippen molar-refractivity contribution >= 4 is 29.6 Å². The van der Waals surface area contributed by atoms with Crippen molar-refractivity contribution in [3.05, 3.63) is 35.4 Å². The molecule has 0 radical (unpaired) electrons. The van der Waals surface area contributed by atoms with Crippen LogP contribution in [-0.4, -0.2) is 77.0 Å². The number of aryl methyl sites for hydroxylation is 1. The number of rotatable bonds is 4. The lowest BCUT2D eigenvalue weighted by atomic mass is 9.95. The van der Waals surface area contributed by atoms with Gasteiger partial charge in [0, 0.05) is 27.2 Å². The number of imide groups is 1. The molecule has 0 aliphatic carbocycles. The lowest BCUT2D eigenvalue weighted by molar-refractivity contribution is -0.140. The van der Waals surface area contributed by atoms with Gasteiger partial charge in [0.1, 0.15) is 0 Å². The van der Waals surface area contributed by atoms with E-state index in [1.807, 2.05) is 30.0 Å². The number of urea groups is 1. The molecule has 174 valence electrons. The van der Waals surface area contributed by atoms with E-state index in [1.165, 1.54) is 36.6 Å². The summed E-state index contributed by atoms with van der Waals surface area (Å²) in [6.07, 6.45) is 3.79. The Balaban J connectivity index is 1.54. The zero-order valence-electron chi connectivity index (χ0n) is 19.0. The summed E-state index contributed by atoms with van der Waals surface area (Å²) in [7, 11) is 3.24. The SMILES string of the molecule is Cc1cccc(C2NC(SCC(=O)N3CCCCCC3)C3C(=O)N(C)C(=O)N(C)C3N2)c1. The molecule has 3 aliphatic rings. The zero-order chi connectivity index (χ0) is 22.8. The second-order valence-electron chi connectivity index (χ2n) is 8.97. The van der Waals surface area contributed by atoms with Crippen LogP contribution in [0, 0.1) is 12.8 Å². The third kappa shape index (κ3) is 4.65. The smallest absolute Gasteiger partial charge is 0.327 e. The van der Waals surface area contributed by atoms with E-state index in [-0.39, 0.29) is 29.4 Å². The van der Waals surface area contributed by atoms with Gasteiger partial charge >= 0.3 is 6.03 Å². The molecule has 4 unspecified atom stereocenters. The van der Waals surface area contributed by atoms with Gasteiger partial charge in [0.05, 0.1) is 29.4 Å². The lowest BCUT2D eigenvalue weighted by Crippen LogP contribution is -2.72. The topological polar surface area (TPSA) is 85.0 Å². The van der Waals surface area contributed by atoms with E-state index in [4.69, 9.17) is 0 Å². The van der Waals surface area contributed by atoms with E-state index in [1.54, 1.807) is 11.9 Å². The quantitative estimate of drug-likeness (QED) is 0.718. The largest absolute Gasteiger partial charge is 0.342 e. The summed E-state index contributed by atoms with van der Waals surface area (Å²) in [6, 6.07) is 7.84. The van der Waals surface area contributed by atoms with Crippen molar-refractivity contribution < 1.29 is 14.4 Å². The van der Waals surface area contributed by atoms with Crippen LogP contribution in [0.5, 0.6) is 0 Å². The first-order valence-electron chi connectivity index (χ1n) is 11.4. The normalized spacial score (nSPS) is 29.0. The molecule has 3 saturated heterocycles. The fraction of sp³-hybridized carbons (Fsp3) is 0.609. The van der Waals surface area contributed by atoms with Crippen LogP contribution in [0.3, 0.4) is 0 Å². The van der Waals surface area contributed by atoms with E-state index in [2.05, 4.69) is 16.7 Å². The third-order valence-corrected chi connectivity index (χ3v) is 7.88. The molecular weight excluding hydrogens is 426 g/mol. The van der Waals surface area contributed by atoms with Crippen molar-refractivity contribution in [2.24, 2.45) is 5.92 Å². The zero-order valence-corrected chi connectivity index (χ0v) is 19.9. The summed E-state index contributed by atoms with van der Waals surface area (Å²) in [6.45, 7) is 3.67. The summed E-state index contributed by atoms with van der Waals surface area (Å²) in [4.78, 5) is 43.4. The van der Waals surface area contributed by atoms with Gasteiger partial charge in [0.15, 0.2) is 0 Å².